The molecule has 8 heteroatoms. The van der Waals surface area contributed by atoms with Crippen LogP contribution < -0.4 is 10.2 Å². The highest BCUT2D eigenvalue weighted by Gasteiger charge is 2.30. The molecular weight excluding hydrogens is 393 g/mol. The minimum absolute atomic E-state index is 0.150. The van der Waals surface area contributed by atoms with Gasteiger partial charge in [-0.15, -0.1) is 11.3 Å². The summed E-state index contributed by atoms with van der Waals surface area (Å²) in [5.74, 6) is -0.322. The normalized spacial score (nSPS) is 12.9. The summed E-state index contributed by atoms with van der Waals surface area (Å²) in [6, 6.07) is 8.54. The van der Waals surface area contributed by atoms with Crippen molar-refractivity contribution in [2.75, 3.05) is 18.9 Å². The molecule has 2 aromatic rings. The topological polar surface area (TPSA) is 33.5 Å². The van der Waals surface area contributed by atoms with Gasteiger partial charge in [-0.05, 0) is 46.3 Å². The van der Waals surface area contributed by atoms with Gasteiger partial charge in [-0.2, -0.15) is 13.2 Å². The van der Waals surface area contributed by atoms with E-state index in [4.69, 9.17) is 0 Å². The van der Waals surface area contributed by atoms with E-state index in [1.165, 1.54) is 12.1 Å². The average Bonchev–Trinajstić information content (AvgIpc) is 2.83. The van der Waals surface area contributed by atoms with Crippen molar-refractivity contribution >= 4 is 38.9 Å². The molecule has 1 atom stereocenters. The Kier molecular flexibility index (Phi) is 5.83. The summed E-state index contributed by atoms with van der Waals surface area (Å²) in [5, 5.41) is 2.51. The summed E-state index contributed by atoms with van der Waals surface area (Å²) in [4.78, 5) is 14.0. The lowest BCUT2D eigenvalue weighted by molar-refractivity contribution is -0.884. The van der Waals surface area contributed by atoms with Crippen LogP contribution in [0.15, 0.2) is 40.2 Å². The maximum absolute atomic E-state index is 12.6. The van der Waals surface area contributed by atoms with E-state index >= 15 is 0 Å². The molecule has 1 aromatic carbocycles. The number of hydrogen-bond acceptors (Lipinski definition) is 2. The van der Waals surface area contributed by atoms with E-state index in [1.54, 1.807) is 11.3 Å². The van der Waals surface area contributed by atoms with Crippen LogP contribution in [-0.4, -0.2) is 19.5 Å². The first-order valence-electron chi connectivity index (χ1n) is 6.76. The van der Waals surface area contributed by atoms with Gasteiger partial charge in [0.25, 0.3) is 5.91 Å². The van der Waals surface area contributed by atoms with Crippen LogP contribution in [0, 0.1) is 0 Å². The number of carbonyl (C=O) groups is 1. The van der Waals surface area contributed by atoms with Crippen molar-refractivity contribution < 1.29 is 22.9 Å². The minimum Gasteiger partial charge on any atom is -0.325 e. The third-order valence-electron chi connectivity index (χ3n) is 3.04. The highest BCUT2D eigenvalue weighted by Crippen LogP contribution is 2.30. The van der Waals surface area contributed by atoms with Crippen LogP contribution in [0.4, 0.5) is 18.9 Å². The lowest BCUT2D eigenvalue weighted by Gasteiger charge is -2.13. The lowest BCUT2D eigenvalue weighted by atomic mass is 10.2. The molecule has 1 amide bonds. The molecule has 1 unspecified atom stereocenters. The third-order valence-corrected chi connectivity index (χ3v) is 4.66. The summed E-state index contributed by atoms with van der Waals surface area (Å²) in [6.45, 7) is 0.845. The fraction of sp³-hybridized carbons (Fsp3) is 0.267. The number of amides is 1. The van der Waals surface area contributed by atoms with Gasteiger partial charge >= 0.3 is 6.18 Å². The van der Waals surface area contributed by atoms with Crippen molar-refractivity contribution in [3.8, 4) is 0 Å². The molecule has 1 aromatic heterocycles. The Morgan fingerprint density at radius 1 is 1.30 bits per heavy atom. The van der Waals surface area contributed by atoms with Crippen LogP contribution in [0.5, 0.6) is 0 Å². The number of carbonyl (C=O) groups excluding carboxylic acids is 1. The van der Waals surface area contributed by atoms with E-state index in [2.05, 4.69) is 21.2 Å². The number of thiophene rings is 1. The number of halogens is 4. The van der Waals surface area contributed by atoms with Crippen molar-refractivity contribution in [2.24, 2.45) is 0 Å². The molecule has 1 heterocycles. The SMILES string of the molecule is C[NH+](CC(=O)Nc1cccc(C(F)(F)F)c1)Cc1ccc(Br)s1. The predicted molar refractivity (Wildman–Crippen MR) is 87.6 cm³/mol. The van der Waals surface area contributed by atoms with Gasteiger partial charge in [0.05, 0.1) is 21.3 Å². The number of hydrogen-bond donors (Lipinski definition) is 2. The van der Waals surface area contributed by atoms with Crippen molar-refractivity contribution in [3.05, 3.63) is 50.6 Å². The van der Waals surface area contributed by atoms with Gasteiger partial charge in [0.1, 0.15) is 6.54 Å². The van der Waals surface area contributed by atoms with E-state index < -0.39 is 11.7 Å². The molecule has 0 radical (unpaired) electrons. The number of likely N-dealkylation sites (N-methyl/N-ethyl adjacent to an activating group) is 1. The highest BCUT2D eigenvalue weighted by atomic mass is 79.9. The lowest BCUT2D eigenvalue weighted by Crippen LogP contribution is -3.08. The number of benzene rings is 1. The first-order chi connectivity index (χ1) is 10.7. The molecule has 0 saturated heterocycles. The summed E-state index contributed by atoms with van der Waals surface area (Å²) >= 11 is 4.97. The molecule has 0 fully saturated rings. The predicted octanol–water partition coefficient (Wildman–Crippen LogP) is 3.18. The molecule has 2 N–H and O–H groups in total. The molecule has 0 spiro atoms. The molecule has 0 aliphatic heterocycles. The standard InChI is InChI=1S/C15H14BrF3N2OS/c1-21(8-12-5-6-13(16)23-12)9-14(22)20-11-4-2-3-10(7-11)15(17,18)19/h2-7H,8-9H2,1H3,(H,20,22)/p+1. The fourth-order valence-electron chi connectivity index (χ4n) is 2.06. The summed E-state index contributed by atoms with van der Waals surface area (Å²) in [7, 11) is 1.86. The molecule has 2 rings (SSSR count). The van der Waals surface area contributed by atoms with E-state index in [0.717, 1.165) is 25.7 Å². The van der Waals surface area contributed by atoms with Gasteiger partial charge in [0, 0.05) is 5.69 Å². The van der Waals surface area contributed by atoms with Crippen molar-refractivity contribution in [3.63, 3.8) is 0 Å². The molecule has 3 nitrogen and oxygen atoms in total. The molecule has 0 saturated carbocycles. The molecule has 124 valence electrons. The van der Waals surface area contributed by atoms with Gasteiger partial charge in [0.2, 0.25) is 0 Å². The van der Waals surface area contributed by atoms with Crippen molar-refractivity contribution in [2.45, 2.75) is 12.7 Å². The zero-order valence-electron chi connectivity index (χ0n) is 12.2. The maximum atomic E-state index is 12.6. The molecule has 0 aliphatic rings. The van der Waals surface area contributed by atoms with Crippen LogP contribution in [0.1, 0.15) is 10.4 Å². The second kappa shape index (κ2) is 7.46. The van der Waals surface area contributed by atoms with Crippen LogP contribution in [0.2, 0.25) is 0 Å². The average molecular weight is 408 g/mol. The number of anilines is 1. The number of alkyl halides is 3. The Hall–Kier alpha value is -1.38. The van der Waals surface area contributed by atoms with Crippen LogP contribution in [-0.2, 0) is 17.5 Å². The molecular formula is C15H15BrF3N2OS+. The Morgan fingerprint density at radius 3 is 2.65 bits per heavy atom. The van der Waals surface area contributed by atoms with E-state index in [1.807, 2.05) is 19.2 Å². The van der Waals surface area contributed by atoms with E-state index in [9.17, 15) is 18.0 Å². The summed E-state index contributed by atoms with van der Waals surface area (Å²) < 4.78 is 38.9. The van der Waals surface area contributed by atoms with Gasteiger partial charge in [-0.25, -0.2) is 0 Å². The molecule has 0 aliphatic carbocycles. The zero-order valence-corrected chi connectivity index (χ0v) is 14.6. The highest BCUT2D eigenvalue weighted by molar-refractivity contribution is 9.11. The fourth-order valence-corrected chi connectivity index (χ4v) is 3.66. The Morgan fingerprint density at radius 2 is 2.04 bits per heavy atom. The largest absolute Gasteiger partial charge is 0.416 e. The van der Waals surface area contributed by atoms with Gasteiger partial charge in [-0.1, -0.05) is 6.07 Å². The summed E-state index contributed by atoms with van der Waals surface area (Å²) in [5.41, 5.74) is -0.629. The minimum atomic E-state index is -4.42. The maximum Gasteiger partial charge on any atom is 0.416 e. The molecule has 23 heavy (non-hydrogen) atoms. The second-order valence-electron chi connectivity index (χ2n) is 5.14. The summed E-state index contributed by atoms with van der Waals surface area (Å²) in [6.07, 6.45) is -4.42. The smallest absolute Gasteiger partial charge is 0.325 e. The van der Waals surface area contributed by atoms with Gasteiger partial charge in [-0.3, -0.25) is 4.79 Å². The van der Waals surface area contributed by atoms with Gasteiger partial charge < -0.3 is 10.2 Å². The number of rotatable bonds is 5. The van der Waals surface area contributed by atoms with Crippen LogP contribution >= 0.6 is 27.3 Å². The van der Waals surface area contributed by atoms with Crippen LogP contribution in [0.25, 0.3) is 0 Å². The van der Waals surface area contributed by atoms with E-state index in [-0.39, 0.29) is 18.1 Å². The second-order valence-corrected chi connectivity index (χ2v) is 7.69. The molecule has 0 bridgehead atoms. The number of quaternary nitrogens is 1. The Balaban J connectivity index is 1.91. The Bertz CT molecular complexity index is 687. The first-order valence-corrected chi connectivity index (χ1v) is 8.37. The van der Waals surface area contributed by atoms with Gasteiger partial charge in [0.15, 0.2) is 6.54 Å². The first kappa shape index (κ1) is 18.0. The van der Waals surface area contributed by atoms with Crippen molar-refractivity contribution in [1.29, 1.82) is 0 Å². The van der Waals surface area contributed by atoms with E-state index in [0.29, 0.717) is 6.54 Å². The van der Waals surface area contributed by atoms with Crippen LogP contribution in [0.3, 0.4) is 0 Å². The monoisotopic (exact) mass is 407 g/mol. The van der Waals surface area contributed by atoms with Crippen molar-refractivity contribution in [1.82, 2.24) is 0 Å². The third kappa shape index (κ3) is 5.63. The zero-order chi connectivity index (χ0) is 17.0. The quantitative estimate of drug-likeness (QED) is 0.783. The Labute approximate surface area is 144 Å². The number of nitrogens with one attached hydrogen (secondary N) is 2.